The first-order valence-electron chi connectivity index (χ1n) is 9.83. The van der Waals surface area contributed by atoms with Gasteiger partial charge in [0.2, 0.25) is 0 Å². The third-order valence-corrected chi connectivity index (χ3v) is 4.50. The Kier molecular flexibility index (Phi) is 6.61. The monoisotopic (exact) mass is 410 g/mol. The van der Waals surface area contributed by atoms with E-state index in [1.165, 1.54) is 7.11 Å². The van der Waals surface area contributed by atoms with Crippen molar-refractivity contribution in [1.82, 2.24) is 10.6 Å². The molecule has 0 spiro atoms. The molecule has 1 aliphatic heterocycles. The van der Waals surface area contributed by atoms with Crippen LogP contribution in [0.25, 0.3) is 5.70 Å². The zero-order valence-corrected chi connectivity index (χ0v) is 17.5. The van der Waals surface area contributed by atoms with Crippen LogP contribution in [0.3, 0.4) is 0 Å². The fourth-order valence-corrected chi connectivity index (χ4v) is 3.30. The summed E-state index contributed by atoms with van der Waals surface area (Å²) < 4.78 is 16.6. The molecule has 1 atom stereocenters. The van der Waals surface area contributed by atoms with Crippen LogP contribution in [-0.2, 0) is 9.53 Å². The van der Waals surface area contributed by atoms with Crippen LogP contribution in [0.1, 0.15) is 37.9 Å². The van der Waals surface area contributed by atoms with Gasteiger partial charge in [0.1, 0.15) is 0 Å². The zero-order chi connectivity index (χ0) is 21.7. The van der Waals surface area contributed by atoms with Crippen LogP contribution < -0.4 is 20.1 Å². The normalized spacial score (nSPS) is 16.0. The molecular formula is C23H26N2O5. The minimum absolute atomic E-state index is 0.0242. The number of urea groups is 1. The molecule has 1 heterocycles. The van der Waals surface area contributed by atoms with Crippen LogP contribution in [0.5, 0.6) is 11.5 Å². The van der Waals surface area contributed by atoms with E-state index in [1.807, 2.05) is 57.2 Å². The average molecular weight is 410 g/mol. The summed E-state index contributed by atoms with van der Waals surface area (Å²) in [4.78, 5) is 25.2. The lowest BCUT2D eigenvalue weighted by molar-refractivity contribution is -0.136. The number of carbonyl (C=O) groups is 2. The van der Waals surface area contributed by atoms with Gasteiger partial charge in [0.25, 0.3) is 0 Å². The Morgan fingerprint density at radius 3 is 2.47 bits per heavy atom. The molecule has 30 heavy (non-hydrogen) atoms. The van der Waals surface area contributed by atoms with E-state index in [1.54, 1.807) is 12.1 Å². The molecule has 0 bridgehead atoms. The van der Waals surface area contributed by atoms with Gasteiger partial charge in [0.05, 0.1) is 37.1 Å². The summed E-state index contributed by atoms with van der Waals surface area (Å²) in [6, 6.07) is 13.4. The van der Waals surface area contributed by atoms with Crippen molar-refractivity contribution in [3.63, 3.8) is 0 Å². The molecule has 0 aliphatic carbocycles. The summed E-state index contributed by atoms with van der Waals surface area (Å²) in [6.07, 6.45) is -0.0242. The molecule has 7 heteroatoms. The molecule has 0 saturated heterocycles. The number of hydrogen-bond donors (Lipinski definition) is 2. The molecule has 2 N–H and O–H groups in total. The Morgan fingerprint density at radius 1 is 1.10 bits per heavy atom. The number of carbonyl (C=O) groups excluding carboxylic acids is 2. The van der Waals surface area contributed by atoms with Crippen LogP contribution >= 0.6 is 0 Å². The highest BCUT2D eigenvalue weighted by Gasteiger charge is 2.34. The van der Waals surface area contributed by atoms with Crippen LogP contribution in [0.4, 0.5) is 4.79 Å². The summed E-state index contributed by atoms with van der Waals surface area (Å²) in [5.41, 5.74) is 2.11. The van der Waals surface area contributed by atoms with Gasteiger partial charge in [-0.3, -0.25) is 0 Å². The maximum Gasteiger partial charge on any atom is 0.338 e. The molecule has 1 unspecified atom stereocenters. The van der Waals surface area contributed by atoms with Gasteiger partial charge in [-0.2, -0.15) is 0 Å². The summed E-state index contributed by atoms with van der Waals surface area (Å²) >= 11 is 0. The lowest BCUT2D eigenvalue weighted by atomic mass is 9.92. The van der Waals surface area contributed by atoms with Crippen molar-refractivity contribution in [2.45, 2.75) is 32.9 Å². The molecule has 158 valence electrons. The Hall–Kier alpha value is -3.48. The Bertz CT molecular complexity index is 953. The third-order valence-electron chi connectivity index (χ3n) is 4.50. The lowest BCUT2D eigenvalue weighted by Gasteiger charge is -2.29. The Labute approximate surface area is 176 Å². The standard InChI is InChI=1S/C23H26N2O5/c1-5-29-18-13-16(11-12-17(18)30-14(2)3)21-19(22(26)28-4)20(24-23(27)25-21)15-9-7-6-8-10-15/h6-14,21H,5H2,1-4H3,(H2,24,25,27). The lowest BCUT2D eigenvalue weighted by Crippen LogP contribution is -2.45. The van der Waals surface area contributed by atoms with E-state index in [0.29, 0.717) is 40.5 Å². The predicted octanol–water partition coefficient (Wildman–Crippen LogP) is 3.81. The number of methoxy groups -OCH3 is 1. The maximum atomic E-state index is 12.7. The molecule has 3 rings (SSSR count). The molecule has 2 amide bonds. The van der Waals surface area contributed by atoms with Gasteiger partial charge in [0, 0.05) is 0 Å². The summed E-state index contributed by atoms with van der Waals surface area (Å²) in [6.45, 7) is 6.19. The van der Waals surface area contributed by atoms with Crippen LogP contribution in [-0.4, -0.2) is 31.8 Å². The molecule has 0 fully saturated rings. The van der Waals surface area contributed by atoms with Crippen LogP contribution in [0, 0.1) is 0 Å². The quantitative estimate of drug-likeness (QED) is 0.678. The number of esters is 1. The van der Waals surface area contributed by atoms with Gasteiger partial charge >= 0.3 is 12.0 Å². The first-order chi connectivity index (χ1) is 14.4. The van der Waals surface area contributed by atoms with Crippen molar-refractivity contribution in [3.05, 3.63) is 65.2 Å². The second-order valence-electron chi connectivity index (χ2n) is 6.98. The predicted molar refractivity (Wildman–Crippen MR) is 113 cm³/mol. The molecule has 0 aromatic heterocycles. The van der Waals surface area contributed by atoms with Crippen molar-refractivity contribution < 1.29 is 23.8 Å². The van der Waals surface area contributed by atoms with Crippen molar-refractivity contribution in [2.75, 3.05) is 13.7 Å². The molecule has 0 radical (unpaired) electrons. The van der Waals surface area contributed by atoms with Crippen LogP contribution in [0.15, 0.2) is 54.1 Å². The highest BCUT2D eigenvalue weighted by atomic mass is 16.5. The molecule has 0 saturated carbocycles. The SMILES string of the molecule is CCOc1cc(C2NC(=O)NC(c3ccccc3)=C2C(=O)OC)ccc1OC(C)C. The van der Waals surface area contributed by atoms with Crippen LogP contribution in [0.2, 0.25) is 0 Å². The second kappa shape index (κ2) is 9.35. The first-order valence-corrected chi connectivity index (χ1v) is 9.83. The summed E-state index contributed by atoms with van der Waals surface area (Å²) in [5, 5.41) is 5.57. The molecule has 2 aromatic rings. The largest absolute Gasteiger partial charge is 0.490 e. The molecular weight excluding hydrogens is 384 g/mol. The van der Waals surface area contributed by atoms with E-state index in [-0.39, 0.29) is 6.10 Å². The zero-order valence-electron chi connectivity index (χ0n) is 17.5. The van der Waals surface area contributed by atoms with Gasteiger partial charge in [-0.05, 0) is 44.0 Å². The summed E-state index contributed by atoms with van der Waals surface area (Å²) in [7, 11) is 1.32. The highest BCUT2D eigenvalue weighted by Crippen LogP contribution is 2.36. The number of rotatable bonds is 7. The smallest absolute Gasteiger partial charge is 0.338 e. The van der Waals surface area contributed by atoms with Gasteiger partial charge in [-0.1, -0.05) is 36.4 Å². The van der Waals surface area contributed by atoms with E-state index in [0.717, 1.165) is 0 Å². The van der Waals surface area contributed by atoms with E-state index < -0.39 is 18.0 Å². The third kappa shape index (κ3) is 4.56. The first kappa shape index (κ1) is 21.2. The molecule has 7 nitrogen and oxygen atoms in total. The van der Waals surface area contributed by atoms with Crippen molar-refractivity contribution in [1.29, 1.82) is 0 Å². The highest BCUT2D eigenvalue weighted by molar-refractivity contribution is 6.04. The summed E-state index contributed by atoms with van der Waals surface area (Å²) in [5.74, 6) is 0.608. The number of nitrogens with one attached hydrogen (secondary N) is 2. The molecule has 2 aromatic carbocycles. The topological polar surface area (TPSA) is 85.9 Å². The van der Waals surface area contributed by atoms with Gasteiger partial charge < -0.3 is 24.8 Å². The van der Waals surface area contributed by atoms with E-state index >= 15 is 0 Å². The van der Waals surface area contributed by atoms with Gasteiger partial charge in [0.15, 0.2) is 11.5 Å². The average Bonchev–Trinajstić information content (AvgIpc) is 2.74. The van der Waals surface area contributed by atoms with E-state index in [2.05, 4.69) is 10.6 Å². The van der Waals surface area contributed by atoms with Crippen molar-refractivity contribution in [2.24, 2.45) is 0 Å². The van der Waals surface area contributed by atoms with E-state index in [4.69, 9.17) is 14.2 Å². The van der Waals surface area contributed by atoms with Crippen molar-refractivity contribution in [3.8, 4) is 11.5 Å². The van der Waals surface area contributed by atoms with E-state index in [9.17, 15) is 9.59 Å². The number of amides is 2. The minimum atomic E-state index is -0.714. The van der Waals surface area contributed by atoms with Gasteiger partial charge in [-0.25, -0.2) is 9.59 Å². The number of hydrogen-bond acceptors (Lipinski definition) is 5. The van der Waals surface area contributed by atoms with Gasteiger partial charge in [-0.15, -0.1) is 0 Å². The maximum absolute atomic E-state index is 12.7. The fraction of sp³-hybridized carbons (Fsp3) is 0.304. The number of benzene rings is 2. The Morgan fingerprint density at radius 2 is 1.83 bits per heavy atom. The van der Waals surface area contributed by atoms with Crippen molar-refractivity contribution >= 4 is 17.7 Å². The Balaban J connectivity index is 2.13. The molecule has 1 aliphatic rings. The number of ether oxygens (including phenoxy) is 3. The minimum Gasteiger partial charge on any atom is -0.490 e. The fourth-order valence-electron chi connectivity index (χ4n) is 3.30. The second-order valence-corrected chi connectivity index (χ2v) is 6.98.